The quantitative estimate of drug-likeness (QED) is 0.926. The van der Waals surface area contributed by atoms with Crippen LogP contribution in [0.15, 0.2) is 10.3 Å². The highest BCUT2D eigenvalue weighted by atomic mass is 35.5. The highest BCUT2D eigenvalue weighted by molar-refractivity contribution is 7.91. The molecule has 0 saturated carbocycles. The van der Waals surface area contributed by atoms with Crippen LogP contribution >= 0.6 is 22.9 Å². The van der Waals surface area contributed by atoms with E-state index >= 15 is 0 Å². The van der Waals surface area contributed by atoms with Gasteiger partial charge in [0.05, 0.1) is 4.34 Å². The lowest BCUT2D eigenvalue weighted by atomic mass is 10.0. The van der Waals surface area contributed by atoms with Gasteiger partial charge in [-0.25, -0.2) is 8.42 Å². The first kappa shape index (κ1) is 15.3. The molecule has 1 aromatic rings. The lowest BCUT2D eigenvalue weighted by molar-refractivity contribution is 0.243. The van der Waals surface area contributed by atoms with Gasteiger partial charge in [0.2, 0.25) is 0 Å². The largest absolute Gasteiger partial charge is 0.330 e. The molecule has 0 bridgehead atoms. The number of rotatable bonds is 4. The van der Waals surface area contributed by atoms with E-state index in [-0.39, 0.29) is 6.04 Å². The topological polar surface area (TPSA) is 63.4 Å². The van der Waals surface area contributed by atoms with E-state index < -0.39 is 10.0 Å². The predicted molar refractivity (Wildman–Crippen MR) is 79.3 cm³/mol. The van der Waals surface area contributed by atoms with Gasteiger partial charge < -0.3 is 5.73 Å². The van der Waals surface area contributed by atoms with E-state index in [1.165, 1.54) is 0 Å². The van der Waals surface area contributed by atoms with E-state index in [9.17, 15) is 8.42 Å². The number of nitrogens with zero attached hydrogens (tertiary/aromatic N) is 1. The summed E-state index contributed by atoms with van der Waals surface area (Å²) in [6.07, 6.45) is 3.60. The van der Waals surface area contributed by atoms with E-state index in [1.54, 1.807) is 10.4 Å². The Kier molecular flexibility index (Phi) is 4.89. The zero-order valence-corrected chi connectivity index (χ0v) is 13.3. The van der Waals surface area contributed by atoms with Crippen molar-refractivity contribution in [2.45, 2.75) is 42.9 Å². The fourth-order valence-corrected chi connectivity index (χ4v) is 6.01. The molecule has 0 amide bonds. The van der Waals surface area contributed by atoms with Gasteiger partial charge in [0.25, 0.3) is 10.0 Å². The molecule has 2 rings (SSSR count). The lowest BCUT2D eigenvalue weighted by Gasteiger charge is -2.34. The number of thiophene rings is 1. The molecule has 1 aliphatic heterocycles. The van der Waals surface area contributed by atoms with Gasteiger partial charge in [-0.3, -0.25) is 0 Å². The van der Waals surface area contributed by atoms with Gasteiger partial charge in [-0.1, -0.05) is 18.0 Å². The van der Waals surface area contributed by atoms with Crippen LogP contribution in [0.3, 0.4) is 0 Å². The Morgan fingerprint density at radius 1 is 1.53 bits per heavy atom. The maximum absolute atomic E-state index is 12.7. The van der Waals surface area contributed by atoms with Crippen LogP contribution in [0.25, 0.3) is 0 Å². The van der Waals surface area contributed by atoms with Crippen molar-refractivity contribution in [3.63, 3.8) is 0 Å². The molecule has 7 heteroatoms. The molecule has 4 nitrogen and oxygen atoms in total. The maximum atomic E-state index is 12.7. The normalized spacial score (nSPS) is 21.7. The molecule has 2 N–H and O–H groups in total. The van der Waals surface area contributed by atoms with Crippen LogP contribution in [0.4, 0.5) is 0 Å². The average Bonchev–Trinajstić information content (AvgIpc) is 2.71. The second kappa shape index (κ2) is 6.10. The summed E-state index contributed by atoms with van der Waals surface area (Å²) >= 11 is 7.13. The maximum Gasteiger partial charge on any atom is 0.252 e. The van der Waals surface area contributed by atoms with Gasteiger partial charge >= 0.3 is 0 Å². The van der Waals surface area contributed by atoms with Crippen LogP contribution in [0.1, 0.15) is 31.2 Å². The first-order valence-electron chi connectivity index (χ1n) is 6.44. The Morgan fingerprint density at radius 2 is 2.26 bits per heavy atom. The van der Waals surface area contributed by atoms with Crippen molar-refractivity contribution in [2.24, 2.45) is 5.73 Å². The number of aryl methyl sites for hydroxylation is 1. The van der Waals surface area contributed by atoms with Crippen molar-refractivity contribution < 1.29 is 8.42 Å². The van der Waals surface area contributed by atoms with Crippen LogP contribution in [0.5, 0.6) is 0 Å². The smallest absolute Gasteiger partial charge is 0.252 e. The highest BCUT2D eigenvalue weighted by Gasteiger charge is 2.34. The molecule has 2 heterocycles. The van der Waals surface area contributed by atoms with Gasteiger partial charge in [-0.05, 0) is 44.4 Å². The summed E-state index contributed by atoms with van der Waals surface area (Å²) in [5.41, 5.74) is 6.41. The summed E-state index contributed by atoms with van der Waals surface area (Å²) < 4.78 is 27.9. The third-order valence-corrected chi connectivity index (χ3v) is 7.43. The van der Waals surface area contributed by atoms with Crippen molar-refractivity contribution in [1.82, 2.24) is 4.31 Å². The van der Waals surface area contributed by atoms with Gasteiger partial charge in [0, 0.05) is 12.6 Å². The Hall–Kier alpha value is -0.140. The minimum Gasteiger partial charge on any atom is -0.330 e. The number of halogens is 1. The standard InChI is InChI=1S/C12H19ClN2O2S2/c1-9-8-11(18-12(9)13)19(16,17)15-7-3-2-4-10(15)5-6-14/h8,10H,2-7,14H2,1H3. The number of nitrogens with two attached hydrogens (primary N) is 1. The Morgan fingerprint density at radius 3 is 2.84 bits per heavy atom. The number of piperidine rings is 1. The van der Waals surface area contributed by atoms with Crippen LogP contribution in [-0.4, -0.2) is 31.9 Å². The fraction of sp³-hybridized carbons (Fsp3) is 0.667. The SMILES string of the molecule is Cc1cc(S(=O)(=O)N2CCCCC2CCN)sc1Cl. The molecule has 108 valence electrons. The van der Waals surface area contributed by atoms with Crippen molar-refractivity contribution in [2.75, 3.05) is 13.1 Å². The fourth-order valence-electron chi connectivity index (χ4n) is 2.45. The molecule has 0 aromatic carbocycles. The number of sulfonamides is 1. The Bertz CT molecular complexity index is 520. The zero-order valence-electron chi connectivity index (χ0n) is 10.9. The summed E-state index contributed by atoms with van der Waals surface area (Å²) in [4.78, 5) is 0. The molecule has 1 unspecified atom stereocenters. The lowest BCUT2D eigenvalue weighted by Crippen LogP contribution is -2.44. The number of hydrogen-bond acceptors (Lipinski definition) is 4. The zero-order chi connectivity index (χ0) is 14.0. The summed E-state index contributed by atoms with van der Waals surface area (Å²) in [6.45, 7) is 2.92. The van der Waals surface area contributed by atoms with Gasteiger partial charge in [-0.15, -0.1) is 11.3 Å². The number of hydrogen-bond donors (Lipinski definition) is 1. The van der Waals surface area contributed by atoms with E-state index in [4.69, 9.17) is 17.3 Å². The minimum absolute atomic E-state index is 0.0323. The predicted octanol–water partition coefficient (Wildman–Crippen LogP) is 2.60. The summed E-state index contributed by atoms with van der Waals surface area (Å²) in [5, 5.41) is 0. The molecule has 1 atom stereocenters. The molecule has 19 heavy (non-hydrogen) atoms. The first-order valence-corrected chi connectivity index (χ1v) is 9.08. The minimum atomic E-state index is -3.42. The molecular weight excluding hydrogens is 304 g/mol. The van der Waals surface area contributed by atoms with Crippen LogP contribution in [0.2, 0.25) is 4.34 Å². The molecule has 1 saturated heterocycles. The highest BCUT2D eigenvalue weighted by Crippen LogP contribution is 2.34. The summed E-state index contributed by atoms with van der Waals surface area (Å²) in [6, 6.07) is 1.70. The molecule has 0 spiro atoms. The van der Waals surface area contributed by atoms with Crippen molar-refractivity contribution in [3.8, 4) is 0 Å². The second-order valence-electron chi connectivity index (χ2n) is 4.86. The van der Waals surface area contributed by atoms with Crippen LogP contribution in [0, 0.1) is 6.92 Å². The van der Waals surface area contributed by atoms with E-state index in [2.05, 4.69) is 0 Å². The van der Waals surface area contributed by atoms with Crippen molar-refractivity contribution in [1.29, 1.82) is 0 Å². The summed E-state index contributed by atoms with van der Waals surface area (Å²) in [7, 11) is -3.42. The molecule has 0 radical (unpaired) electrons. The van der Waals surface area contributed by atoms with Crippen molar-refractivity contribution in [3.05, 3.63) is 16.0 Å². The first-order chi connectivity index (χ1) is 8.96. The third-order valence-electron chi connectivity index (χ3n) is 3.47. The molecule has 1 fully saturated rings. The molecular formula is C12H19ClN2O2S2. The monoisotopic (exact) mass is 322 g/mol. The van der Waals surface area contributed by atoms with E-state index in [1.807, 2.05) is 6.92 Å². The Balaban J connectivity index is 2.31. The van der Waals surface area contributed by atoms with Gasteiger partial charge in [0.1, 0.15) is 4.21 Å². The average molecular weight is 323 g/mol. The third kappa shape index (κ3) is 3.13. The van der Waals surface area contributed by atoms with E-state index in [0.717, 1.165) is 42.6 Å². The van der Waals surface area contributed by atoms with Gasteiger partial charge in [-0.2, -0.15) is 4.31 Å². The van der Waals surface area contributed by atoms with E-state index in [0.29, 0.717) is 21.6 Å². The molecule has 1 aromatic heterocycles. The van der Waals surface area contributed by atoms with Crippen LogP contribution < -0.4 is 5.73 Å². The van der Waals surface area contributed by atoms with Crippen LogP contribution in [-0.2, 0) is 10.0 Å². The Labute approximate surface area is 123 Å². The summed E-state index contributed by atoms with van der Waals surface area (Å²) in [5.74, 6) is 0. The second-order valence-corrected chi connectivity index (χ2v) is 8.64. The van der Waals surface area contributed by atoms with Gasteiger partial charge in [0.15, 0.2) is 0 Å². The molecule has 0 aliphatic carbocycles. The molecule has 1 aliphatic rings. The van der Waals surface area contributed by atoms with Crippen molar-refractivity contribution >= 4 is 33.0 Å².